The molecule has 3 aromatic heterocycles. The Balaban J connectivity index is 1.67. The Morgan fingerprint density at radius 2 is 1.93 bits per heavy atom. The van der Waals surface area contributed by atoms with Crippen LogP contribution in [0.15, 0.2) is 41.7 Å². The van der Waals surface area contributed by atoms with Gasteiger partial charge in [-0.05, 0) is 29.5 Å². The molecule has 4 aromatic rings. The molecule has 30 heavy (non-hydrogen) atoms. The molecule has 0 radical (unpaired) electrons. The minimum Gasteiger partial charge on any atom is -0.308 e. The maximum atomic E-state index is 13.0. The van der Waals surface area contributed by atoms with Crippen LogP contribution in [0.25, 0.3) is 16.4 Å². The average Bonchev–Trinajstić information content (AvgIpc) is 3.17. The van der Waals surface area contributed by atoms with Gasteiger partial charge in [0.05, 0.1) is 23.5 Å². The Morgan fingerprint density at radius 1 is 1.13 bits per heavy atom. The van der Waals surface area contributed by atoms with Crippen LogP contribution in [0.4, 0.5) is 5.82 Å². The predicted molar refractivity (Wildman–Crippen MR) is 114 cm³/mol. The molecule has 4 rings (SSSR count). The van der Waals surface area contributed by atoms with Gasteiger partial charge in [0.25, 0.3) is 5.56 Å². The minimum absolute atomic E-state index is 0.0997. The van der Waals surface area contributed by atoms with Crippen LogP contribution in [-0.2, 0) is 11.3 Å². The SMILES string of the molecule is CC(C)c1ccc2c(=O)n(CC(=O)Nc3cn4cnnc4cn3)nc(C(C)C)c2c1. The molecule has 0 spiro atoms. The molecule has 3 heterocycles. The number of fused-ring (bicyclic) bond motifs is 2. The van der Waals surface area contributed by atoms with Crippen LogP contribution >= 0.6 is 0 Å². The van der Waals surface area contributed by atoms with E-state index in [2.05, 4.69) is 39.4 Å². The highest BCUT2D eigenvalue weighted by atomic mass is 16.2. The summed E-state index contributed by atoms with van der Waals surface area (Å²) < 4.78 is 2.87. The number of rotatable bonds is 5. The Kier molecular flexibility index (Phi) is 5.03. The molecule has 0 aliphatic rings. The molecular formula is C21H23N7O2. The molecule has 0 atom stereocenters. The second-order valence-electron chi connectivity index (χ2n) is 7.88. The average molecular weight is 405 g/mol. The Morgan fingerprint density at radius 3 is 2.67 bits per heavy atom. The van der Waals surface area contributed by atoms with E-state index >= 15 is 0 Å². The van der Waals surface area contributed by atoms with Gasteiger partial charge in [0.1, 0.15) is 18.7 Å². The summed E-state index contributed by atoms with van der Waals surface area (Å²) in [6, 6.07) is 5.82. The summed E-state index contributed by atoms with van der Waals surface area (Å²) in [5.74, 6) is 0.393. The fourth-order valence-electron chi connectivity index (χ4n) is 3.34. The zero-order valence-corrected chi connectivity index (χ0v) is 17.3. The first-order valence-corrected chi connectivity index (χ1v) is 9.83. The number of anilines is 1. The summed E-state index contributed by atoms with van der Waals surface area (Å²) in [5.41, 5.74) is 2.23. The van der Waals surface area contributed by atoms with Gasteiger partial charge in [-0.25, -0.2) is 9.67 Å². The number of hydrogen-bond acceptors (Lipinski definition) is 6. The van der Waals surface area contributed by atoms with Gasteiger partial charge >= 0.3 is 0 Å². The first kappa shape index (κ1) is 19.7. The molecule has 1 N–H and O–H groups in total. The highest BCUT2D eigenvalue weighted by molar-refractivity contribution is 5.90. The lowest BCUT2D eigenvalue weighted by molar-refractivity contribution is -0.117. The van der Waals surface area contributed by atoms with Crippen molar-refractivity contribution in [3.8, 4) is 0 Å². The number of nitrogens with zero attached hydrogens (tertiary/aromatic N) is 6. The van der Waals surface area contributed by atoms with Gasteiger partial charge in [0, 0.05) is 5.39 Å². The molecule has 0 aliphatic heterocycles. The van der Waals surface area contributed by atoms with E-state index in [0.29, 0.717) is 22.8 Å². The second kappa shape index (κ2) is 7.66. The smallest absolute Gasteiger partial charge is 0.275 e. The molecule has 9 nitrogen and oxygen atoms in total. The number of benzene rings is 1. The quantitative estimate of drug-likeness (QED) is 0.547. The van der Waals surface area contributed by atoms with Crippen LogP contribution in [-0.4, -0.2) is 35.3 Å². The van der Waals surface area contributed by atoms with Gasteiger partial charge in [-0.1, -0.05) is 33.8 Å². The molecular weight excluding hydrogens is 382 g/mol. The summed E-state index contributed by atoms with van der Waals surface area (Å²) in [6.07, 6.45) is 4.63. The van der Waals surface area contributed by atoms with Crippen molar-refractivity contribution < 1.29 is 4.79 Å². The van der Waals surface area contributed by atoms with E-state index in [-0.39, 0.29) is 18.0 Å². The van der Waals surface area contributed by atoms with Crippen LogP contribution < -0.4 is 10.9 Å². The lowest BCUT2D eigenvalue weighted by Crippen LogP contribution is -2.31. The third-order valence-corrected chi connectivity index (χ3v) is 4.97. The van der Waals surface area contributed by atoms with E-state index in [0.717, 1.165) is 16.6 Å². The van der Waals surface area contributed by atoms with Crippen LogP contribution in [0.5, 0.6) is 0 Å². The zero-order chi connectivity index (χ0) is 21.4. The van der Waals surface area contributed by atoms with Gasteiger partial charge in [-0.3, -0.25) is 14.0 Å². The lowest BCUT2D eigenvalue weighted by atomic mass is 9.96. The number of nitrogens with one attached hydrogen (secondary N) is 1. The van der Waals surface area contributed by atoms with Crippen molar-refractivity contribution >= 4 is 28.1 Å². The van der Waals surface area contributed by atoms with Crippen LogP contribution in [0.2, 0.25) is 0 Å². The maximum Gasteiger partial charge on any atom is 0.275 e. The highest BCUT2D eigenvalue weighted by Gasteiger charge is 2.16. The van der Waals surface area contributed by atoms with E-state index in [1.807, 2.05) is 32.0 Å². The van der Waals surface area contributed by atoms with Crippen molar-refractivity contribution in [2.24, 2.45) is 0 Å². The second-order valence-corrected chi connectivity index (χ2v) is 7.88. The van der Waals surface area contributed by atoms with Gasteiger partial charge in [-0.2, -0.15) is 5.10 Å². The van der Waals surface area contributed by atoms with Crippen molar-refractivity contribution in [2.45, 2.75) is 46.1 Å². The monoisotopic (exact) mass is 405 g/mol. The molecule has 0 unspecified atom stereocenters. The van der Waals surface area contributed by atoms with Gasteiger partial charge < -0.3 is 5.32 Å². The molecule has 9 heteroatoms. The van der Waals surface area contributed by atoms with Gasteiger partial charge in [0.2, 0.25) is 5.91 Å². The number of hydrogen-bond donors (Lipinski definition) is 1. The maximum absolute atomic E-state index is 13.0. The van der Waals surface area contributed by atoms with Crippen molar-refractivity contribution in [2.75, 3.05) is 5.32 Å². The minimum atomic E-state index is -0.391. The third-order valence-electron chi connectivity index (χ3n) is 4.97. The van der Waals surface area contributed by atoms with Crippen LogP contribution in [0.3, 0.4) is 0 Å². The lowest BCUT2D eigenvalue weighted by Gasteiger charge is -2.15. The molecule has 0 saturated carbocycles. The standard InChI is InChI=1S/C21H23N7O2/c1-12(2)14-5-6-15-16(7-14)20(13(3)4)26-28(21(15)30)10-19(29)24-17-9-27-11-23-25-18(27)8-22-17/h5-9,11-13H,10H2,1-4H3,(H,24,29). The molecule has 154 valence electrons. The summed E-state index contributed by atoms with van der Waals surface area (Å²) in [4.78, 5) is 29.7. The largest absolute Gasteiger partial charge is 0.308 e. The summed E-state index contributed by atoms with van der Waals surface area (Å²) in [5, 5.41) is 16.3. The summed E-state index contributed by atoms with van der Waals surface area (Å²) in [6.45, 7) is 8.07. The first-order valence-electron chi connectivity index (χ1n) is 9.83. The van der Waals surface area contributed by atoms with E-state index in [9.17, 15) is 9.59 Å². The van der Waals surface area contributed by atoms with Gasteiger partial charge in [0.15, 0.2) is 5.65 Å². The molecule has 0 fully saturated rings. The topological polar surface area (TPSA) is 107 Å². The van der Waals surface area contributed by atoms with Crippen molar-refractivity contribution in [1.82, 2.24) is 29.4 Å². The molecule has 0 aliphatic carbocycles. The number of aromatic nitrogens is 6. The first-order chi connectivity index (χ1) is 14.3. The Bertz CT molecular complexity index is 1300. The predicted octanol–water partition coefficient (Wildman–Crippen LogP) is 2.72. The van der Waals surface area contributed by atoms with Crippen molar-refractivity contribution in [3.05, 3.63) is 58.5 Å². The van der Waals surface area contributed by atoms with Gasteiger partial charge in [-0.15, -0.1) is 10.2 Å². The zero-order valence-electron chi connectivity index (χ0n) is 17.3. The van der Waals surface area contributed by atoms with E-state index in [1.54, 1.807) is 10.6 Å². The molecule has 0 bridgehead atoms. The summed E-state index contributed by atoms with van der Waals surface area (Å²) in [7, 11) is 0. The van der Waals surface area contributed by atoms with E-state index < -0.39 is 5.91 Å². The van der Waals surface area contributed by atoms with E-state index in [1.165, 1.54) is 17.2 Å². The third kappa shape index (κ3) is 3.66. The van der Waals surface area contributed by atoms with Crippen LogP contribution in [0, 0.1) is 0 Å². The van der Waals surface area contributed by atoms with Crippen LogP contribution in [0.1, 0.15) is 50.8 Å². The van der Waals surface area contributed by atoms with Crippen molar-refractivity contribution in [1.29, 1.82) is 0 Å². The molecule has 1 amide bonds. The highest BCUT2D eigenvalue weighted by Crippen LogP contribution is 2.25. The fraction of sp³-hybridized carbons (Fsp3) is 0.333. The Hall–Kier alpha value is -3.62. The van der Waals surface area contributed by atoms with Crippen molar-refractivity contribution in [3.63, 3.8) is 0 Å². The summed E-state index contributed by atoms with van der Waals surface area (Å²) >= 11 is 0. The fourth-order valence-corrected chi connectivity index (χ4v) is 3.34. The molecule has 0 saturated heterocycles. The molecule has 1 aromatic carbocycles. The number of carbonyl (C=O) groups excluding carboxylic acids is 1. The normalized spacial score (nSPS) is 11.7. The Labute approximate surface area is 172 Å². The number of amides is 1. The number of carbonyl (C=O) groups is 1. The van der Waals surface area contributed by atoms with E-state index in [4.69, 9.17) is 0 Å².